The Labute approximate surface area is 238 Å². The SMILES string of the molecule is Oc1cc(-c2ncc3c(N4CCC5CCC(C4)N5)nc(OCC45CCCN4CCC5)nc3c2F)c2ccccc2c1. The first kappa shape index (κ1) is 25.2. The van der Waals surface area contributed by atoms with Gasteiger partial charge < -0.3 is 20.1 Å². The van der Waals surface area contributed by atoms with E-state index in [1.54, 1.807) is 18.3 Å². The van der Waals surface area contributed by atoms with E-state index in [9.17, 15) is 5.11 Å². The molecule has 6 heterocycles. The number of hydrogen-bond donors (Lipinski definition) is 2. The van der Waals surface area contributed by atoms with Crippen LogP contribution in [-0.2, 0) is 0 Å². The minimum Gasteiger partial charge on any atom is -0.508 e. The maximum atomic E-state index is 16.6. The van der Waals surface area contributed by atoms with E-state index >= 15 is 4.39 Å². The van der Waals surface area contributed by atoms with Crippen LogP contribution in [0.2, 0.25) is 0 Å². The zero-order chi connectivity index (χ0) is 27.6. The Morgan fingerprint density at radius 2 is 1.83 bits per heavy atom. The molecule has 0 radical (unpaired) electrons. The van der Waals surface area contributed by atoms with Crippen LogP contribution in [0.1, 0.15) is 44.9 Å². The third kappa shape index (κ3) is 4.28. The molecule has 41 heavy (non-hydrogen) atoms. The maximum absolute atomic E-state index is 16.6. The molecule has 4 fully saturated rings. The zero-order valence-electron chi connectivity index (χ0n) is 23.2. The number of aromatic nitrogens is 3. The van der Waals surface area contributed by atoms with E-state index in [4.69, 9.17) is 14.7 Å². The second-order valence-electron chi connectivity index (χ2n) is 12.3. The monoisotopic (exact) mass is 554 g/mol. The van der Waals surface area contributed by atoms with Crippen molar-refractivity contribution in [3.05, 3.63) is 48.4 Å². The topological polar surface area (TPSA) is 86.6 Å². The standard InChI is InChI=1S/C32H35FN6O2/c33-27-28(25-16-23(40)15-20-5-1-2-6-24(20)25)34-17-26-29(27)36-31(41-19-32-10-3-12-39(32)13-4-11-32)37-30(26)38-14-9-21-7-8-22(18-38)35-21/h1-2,5-6,15-17,21-22,35,40H,3-4,7-14,18-19H2. The van der Waals surface area contributed by atoms with Gasteiger partial charge in [-0.05, 0) is 80.9 Å². The second kappa shape index (κ2) is 9.77. The molecule has 4 saturated heterocycles. The Bertz CT molecular complexity index is 1640. The van der Waals surface area contributed by atoms with Crippen LogP contribution in [0.3, 0.4) is 0 Å². The van der Waals surface area contributed by atoms with E-state index in [0.29, 0.717) is 35.5 Å². The molecule has 9 heteroatoms. The van der Waals surface area contributed by atoms with Crippen LogP contribution in [0.5, 0.6) is 11.8 Å². The molecule has 2 unspecified atom stereocenters. The fraction of sp³-hybridized carbons (Fsp3) is 0.469. The van der Waals surface area contributed by atoms with Crippen LogP contribution in [0.25, 0.3) is 32.9 Å². The van der Waals surface area contributed by atoms with Crippen LogP contribution >= 0.6 is 0 Å². The Kier molecular flexibility index (Phi) is 6.00. The van der Waals surface area contributed by atoms with E-state index in [1.165, 1.54) is 19.3 Å². The molecular formula is C32H35FN6O2. The molecule has 8 nitrogen and oxygen atoms in total. The van der Waals surface area contributed by atoms with Crippen molar-refractivity contribution < 1.29 is 14.2 Å². The van der Waals surface area contributed by atoms with Gasteiger partial charge in [0.05, 0.1) is 10.9 Å². The highest BCUT2D eigenvalue weighted by atomic mass is 19.1. The highest BCUT2D eigenvalue weighted by Crippen LogP contribution is 2.40. The molecular weight excluding hydrogens is 519 g/mol. The molecule has 2 N–H and O–H groups in total. The van der Waals surface area contributed by atoms with Crippen molar-refractivity contribution in [2.24, 2.45) is 0 Å². The molecule has 0 aliphatic carbocycles. The van der Waals surface area contributed by atoms with E-state index in [1.807, 2.05) is 24.3 Å². The average Bonchev–Trinajstić information content (AvgIpc) is 3.65. The summed E-state index contributed by atoms with van der Waals surface area (Å²) in [5.41, 5.74) is 0.933. The summed E-state index contributed by atoms with van der Waals surface area (Å²) in [6.07, 6.45) is 9.62. The van der Waals surface area contributed by atoms with E-state index in [-0.39, 0.29) is 28.5 Å². The lowest BCUT2D eigenvalue weighted by molar-refractivity contribution is 0.108. The predicted molar refractivity (Wildman–Crippen MR) is 157 cm³/mol. The van der Waals surface area contributed by atoms with Crippen LogP contribution < -0.4 is 15.0 Å². The van der Waals surface area contributed by atoms with Gasteiger partial charge in [0, 0.05) is 36.9 Å². The summed E-state index contributed by atoms with van der Waals surface area (Å²) in [6, 6.07) is 12.0. The summed E-state index contributed by atoms with van der Waals surface area (Å²) >= 11 is 0. The van der Waals surface area contributed by atoms with Gasteiger partial charge in [-0.1, -0.05) is 24.3 Å². The summed E-state index contributed by atoms with van der Waals surface area (Å²) in [4.78, 5) is 19.0. The fourth-order valence-corrected chi connectivity index (χ4v) is 7.80. The smallest absolute Gasteiger partial charge is 0.319 e. The average molecular weight is 555 g/mol. The van der Waals surface area contributed by atoms with Crippen molar-refractivity contribution in [1.82, 2.24) is 25.2 Å². The van der Waals surface area contributed by atoms with Crippen molar-refractivity contribution in [2.45, 2.75) is 62.6 Å². The molecule has 2 atom stereocenters. The number of benzene rings is 2. The lowest BCUT2D eigenvalue weighted by Gasteiger charge is -2.31. The van der Waals surface area contributed by atoms with Crippen LogP contribution in [0, 0.1) is 5.82 Å². The van der Waals surface area contributed by atoms with Gasteiger partial charge in [0.15, 0.2) is 5.82 Å². The number of ether oxygens (including phenoxy) is 1. The van der Waals surface area contributed by atoms with Gasteiger partial charge in [-0.3, -0.25) is 9.88 Å². The van der Waals surface area contributed by atoms with Gasteiger partial charge in [-0.25, -0.2) is 4.39 Å². The fourth-order valence-electron chi connectivity index (χ4n) is 7.80. The Morgan fingerprint density at radius 3 is 2.71 bits per heavy atom. The van der Waals surface area contributed by atoms with Gasteiger partial charge in [0.25, 0.3) is 0 Å². The largest absolute Gasteiger partial charge is 0.508 e. The zero-order valence-corrected chi connectivity index (χ0v) is 23.2. The van der Waals surface area contributed by atoms with Crippen molar-refractivity contribution in [3.63, 3.8) is 0 Å². The van der Waals surface area contributed by atoms with Crippen molar-refractivity contribution in [3.8, 4) is 23.0 Å². The highest BCUT2D eigenvalue weighted by molar-refractivity contribution is 5.99. The number of nitrogens with zero attached hydrogens (tertiary/aromatic N) is 5. The number of phenolic OH excluding ortho intramolecular Hbond substituents is 1. The molecule has 4 aromatic rings. The number of pyridine rings is 1. The quantitative estimate of drug-likeness (QED) is 0.356. The van der Waals surface area contributed by atoms with Gasteiger partial charge in [-0.2, -0.15) is 9.97 Å². The molecule has 2 aromatic heterocycles. The molecule has 0 amide bonds. The third-order valence-electron chi connectivity index (χ3n) is 9.85. The molecule has 0 spiro atoms. The number of hydrogen-bond acceptors (Lipinski definition) is 8. The Balaban J connectivity index is 1.25. The lowest BCUT2D eigenvalue weighted by Crippen LogP contribution is -2.43. The minimum absolute atomic E-state index is 0.0343. The molecule has 2 aromatic carbocycles. The minimum atomic E-state index is -0.525. The van der Waals surface area contributed by atoms with Crippen LogP contribution in [-0.4, -0.2) is 75.4 Å². The third-order valence-corrected chi connectivity index (χ3v) is 9.85. The van der Waals surface area contributed by atoms with Crippen molar-refractivity contribution in [2.75, 3.05) is 37.7 Å². The van der Waals surface area contributed by atoms with E-state index in [2.05, 4.69) is 20.1 Å². The number of aromatic hydroxyl groups is 1. The number of phenols is 1. The van der Waals surface area contributed by atoms with Crippen molar-refractivity contribution in [1.29, 1.82) is 0 Å². The molecule has 4 aliphatic rings. The summed E-state index contributed by atoms with van der Waals surface area (Å²) in [6.45, 7) is 4.37. The summed E-state index contributed by atoms with van der Waals surface area (Å²) in [5, 5.41) is 16.4. The molecule has 4 aliphatic heterocycles. The number of nitrogens with one attached hydrogen (secondary N) is 1. The van der Waals surface area contributed by atoms with Crippen molar-refractivity contribution >= 4 is 27.5 Å². The molecule has 2 bridgehead atoms. The van der Waals surface area contributed by atoms with Crippen LogP contribution in [0.15, 0.2) is 42.6 Å². The summed E-state index contributed by atoms with van der Waals surface area (Å²) < 4.78 is 23.0. The van der Waals surface area contributed by atoms with Gasteiger partial charge >= 0.3 is 6.01 Å². The van der Waals surface area contributed by atoms with E-state index in [0.717, 1.165) is 62.6 Å². The van der Waals surface area contributed by atoms with Gasteiger partial charge in [0.1, 0.15) is 29.4 Å². The van der Waals surface area contributed by atoms with Crippen LogP contribution in [0.4, 0.5) is 10.2 Å². The molecule has 0 saturated carbocycles. The normalized spacial score (nSPS) is 23.8. The summed E-state index contributed by atoms with van der Waals surface area (Å²) in [7, 11) is 0. The number of halogens is 1. The molecule has 8 rings (SSSR count). The first-order valence-electron chi connectivity index (χ1n) is 15.0. The first-order valence-corrected chi connectivity index (χ1v) is 15.0. The van der Waals surface area contributed by atoms with Gasteiger partial charge in [-0.15, -0.1) is 0 Å². The number of anilines is 1. The lowest BCUT2D eigenvalue weighted by atomic mass is 9.95. The number of fused-ring (bicyclic) bond motifs is 5. The van der Waals surface area contributed by atoms with Gasteiger partial charge in [0.2, 0.25) is 0 Å². The summed E-state index contributed by atoms with van der Waals surface area (Å²) in [5.74, 6) is 0.226. The highest BCUT2D eigenvalue weighted by Gasteiger charge is 2.45. The number of rotatable bonds is 5. The maximum Gasteiger partial charge on any atom is 0.319 e. The Morgan fingerprint density at radius 1 is 1.00 bits per heavy atom. The molecule has 212 valence electrons. The Hall–Kier alpha value is -3.56. The second-order valence-corrected chi connectivity index (χ2v) is 12.3. The first-order chi connectivity index (χ1) is 20.1. The predicted octanol–water partition coefficient (Wildman–Crippen LogP) is 5.03. The van der Waals surface area contributed by atoms with E-state index < -0.39 is 5.82 Å².